The van der Waals surface area contributed by atoms with E-state index in [1.807, 2.05) is 4.90 Å². The van der Waals surface area contributed by atoms with E-state index < -0.39 is 0 Å². The number of alkyl halides is 1. The van der Waals surface area contributed by atoms with Crippen LogP contribution in [0.25, 0.3) is 0 Å². The van der Waals surface area contributed by atoms with Crippen LogP contribution in [0.4, 0.5) is 8.78 Å². The highest BCUT2D eigenvalue weighted by molar-refractivity contribution is 5.78. The fourth-order valence-corrected chi connectivity index (χ4v) is 3.88. The number of benzene rings is 1. The molecule has 2 fully saturated rings. The molecular formula is C22H32F2N2O5. The van der Waals surface area contributed by atoms with E-state index in [1.165, 1.54) is 12.1 Å². The monoisotopic (exact) mass is 442 g/mol. The molecule has 0 aliphatic carbocycles. The van der Waals surface area contributed by atoms with Gasteiger partial charge < -0.3 is 24.4 Å². The maximum Gasteiger partial charge on any atom is 0.290 e. The van der Waals surface area contributed by atoms with E-state index in [-0.39, 0.29) is 43.6 Å². The van der Waals surface area contributed by atoms with Crippen molar-refractivity contribution in [1.82, 2.24) is 9.80 Å². The maximum atomic E-state index is 13.0. The van der Waals surface area contributed by atoms with Crippen molar-refractivity contribution in [2.45, 2.75) is 44.2 Å². The number of carboxylic acid groups (broad SMARTS) is 1. The van der Waals surface area contributed by atoms with Gasteiger partial charge in [0.1, 0.15) is 30.9 Å². The largest absolute Gasteiger partial charge is 0.491 e. The van der Waals surface area contributed by atoms with Gasteiger partial charge in [-0.1, -0.05) is 0 Å². The molecule has 0 radical (unpaired) electrons. The topological polar surface area (TPSA) is 79.3 Å². The van der Waals surface area contributed by atoms with Crippen molar-refractivity contribution in [3.63, 3.8) is 0 Å². The number of carbonyl (C=O) groups is 2. The van der Waals surface area contributed by atoms with E-state index in [0.717, 1.165) is 45.3 Å². The molecule has 1 aromatic rings. The molecule has 174 valence electrons. The van der Waals surface area contributed by atoms with Crippen LogP contribution in [-0.4, -0.2) is 85.5 Å². The lowest BCUT2D eigenvalue weighted by Gasteiger charge is -2.42. The average Bonchev–Trinajstić information content (AvgIpc) is 2.78. The molecule has 2 heterocycles. The Morgan fingerprint density at radius 1 is 1.16 bits per heavy atom. The SMILES string of the molecule is O=C1COC(COc2ccc(F)cc2)CN1C1CCN(CCCCCF)CC1.O=CO. The van der Waals surface area contributed by atoms with Crippen LogP contribution in [0.1, 0.15) is 32.1 Å². The van der Waals surface area contributed by atoms with E-state index in [9.17, 15) is 13.6 Å². The summed E-state index contributed by atoms with van der Waals surface area (Å²) >= 11 is 0. The lowest BCUT2D eigenvalue weighted by Crippen LogP contribution is -2.55. The summed E-state index contributed by atoms with van der Waals surface area (Å²) in [4.78, 5) is 25.1. The zero-order chi connectivity index (χ0) is 22.5. The number of nitrogens with zero attached hydrogens (tertiary/aromatic N) is 2. The first-order valence-corrected chi connectivity index (χ1v) is 10.7. The van der Waals surface area contributed by atoms with Crippen LogP contribution < -0.4 is 4.74 Å². The van der Waals surface area contributed by atoms with Gasteiger partial charge in [-0.25, -0.2) is 4.39 Å². The van der Waals surface area contributed by atoms with Crippen LogP contribution in [0.5, 0.6) is 5.75 Å². The Balaban J connectivity index is 0.00000107. The van der Waals surface area contributed by atoms with E-state index in [0.29, 0.717) is 25.3 Å². The average molecular weight is 443 g/mol. The van der Waals surface area contributed by atoms with Crippen molar-refractivity contribution < 1.29 is 33.0 Å². The predicted molar refractivity (Wildman–Crippen MR) is 111 cm³/mol. The third kappa shape index (κ3) is 8.78. The van der Waals surface area contributed by atoms with Gasteiger partial charge in [0.15, 0.2) is 0 Å². The summed E-state index contributed by atoms with van der Waals surface area (Å²) < 4.78 is 36.4. The Morgan fingerprint density at radius 2 is 1.84 bits per heavy atom. The van der Waals surface area contributed by atoms with Crippen molar-refractivity contribution >= 4 is 12.4 Å². The number of ether oxygens (including phenoxy) is 2. The minimum Gasteiger partial charge on any atom is -0.491 e. The molecule has 1 amide bonds. The molecule has 0 bridgehead atoms. The van der Waals surface area contributed by atoms with Gasteiger partial charge in [0.05, 0.1) is 13.2 Å². The van der Waals surface area contributed by atoms with Gasteiger partial charge in [-0.05, 0) is 62.9 Å². The fourth-order valence-electron chi connectivity index (χ4n) is 3.88. The lowest BCUT2D eigenvalue weighted by molar-refractivity contribution is -0.155. The van der Waals surface area contributed by atoms with Crippen LogP contribution in [-0.2, 0) is 14.3 Å². The lowest BCUT2D eigenvalue weighted by atomic mass is 10.0. The van der Waals surface area contributed by atoms with Gasteiger partial charge in [0.2, 0.25) is 5.91 Å². The molecule has 1 N–H and O–H groups in total. The van der Waals surface area contributed by atoms with E-state index in [2.05, 4.69) is 4.90 Å². The number of hydrogen-bond donors (Lipinski definition) is 1. The van der Waals surface area contributed by atoms with Crippen LogP contribution in [0.2, 0.25) is 0 Å². The van der Waals surface area contributed by atoms with Gasteiger partial charge in [0.25, 0.3) is 6.47 Å². The molecule has 31 heavy (non-hydrogen) atoms. The number of rotatable bonds is 9. The molecule has 0 saturated carbocycles. The second kappa shape index (κ2) is 13.9. The molecule has 2 saturated heterocycles. The first kappa shape index (κ1) is 25.0. The molecule has 1 aromatic carbocycles. The summed E-state index contributed by atoms with van der Waals surface area (Å²) in [5.41, 5.74) is 0. The van der Waals surface area contributed by atoms with Crippen molar-refractivity contribution in [2.24, 2.45) is 0 Å². The van der Waals surface area contributed by atoms with E-state index in [1.54, 1.807) is 12.1 Å². The summed E-state index contributed by atoms with van der Waals surface area (Å²) in [7, 11) is 0. The third-order valence-electron chi connectivity index (χ3n) is 5.52. The van der Waals surface area contributed by atoms with Crippen LogP contribution in [0, 0.1) is 5.82 Å². The van der Waals surface area contributed by atoms with Crippen LogP contribution in [0.3, 0.4) is 0 Å². The first-order valence-electron chi connectivity index (χ1n) is 10.7. The van der Waals surface area contributed by atoms with Crippen LogP contribution in [0.15, 0.2) is 24.3 Å². The summed E-state index contributed by atoms with van der Waals surface area (Å²) in [5, 5.41) is 6.89. The Kier molecular flexibility index (Phi) is 11.2. The number of halogens is 2. The molecule has 3 rings (SSSR count). The molecule has 0 aromatic heterocycles. The number of piperidine rings is 1. The first-order chi connectivity index (χ1) is 15.1. The normalized spacial score (nSPS) is 20.1. The molecule has 1 unspecified atom stereocenters. The van der Waals surface area contributed by atoms with E-state index >= 15 is 0 Å². The molecule has 7 nitrogen and oxygen atoms in total. The molecule has 9 heteroatoms. The Morgan fingerprint density at radius 3 is 2.48 bits per heavy atom. The number of morpholine rings is 1. The number of hydrogen-bond acceptors (Lipinski definition) is 5. The van der Waals surface area contributed by atoms with E-state index in [4.69, 9.17) is 19.4 Å². The Hall–Kier alpha value is -2.26. The second-order valence-corrected chi connectivity index (χ2v) is 7.67. The second-order valence-electron chi connectivity index (χ2n) is 7.67. The van der Waals surface area contributed by atoms with Gasteiger partial charge in [-0.15, -0.1) is 0 Å². The minimum atomic E-state index is -0.299. The van der Waals surface area contributed by atoms with Gasteiger partial charge in [-0.2, -0.15) is 0 Å². The molecule has 1 atom stereocenters. The smallest absolute Gasteiger partial charge is 0.290 e. The van der Waals surface area contributed by atoms with Crippen molar-refractivity contribution in [3.05, 3.63) is 30.1 Å². The summed E-state index contributed by atoms with van der Waals surface area (Å²) in [6.45, 7) is 3.43. The fraction of sp³-hybridized carbons (Fsp3) is 0.636. The summed E-state index contributed by atoms with van der Waals surface area (Å²) in [6, 6.07) is 6.14. The highest BCUT2D eigenvalue weighted by atomic mass is 19.1. The Labute approximate surface area is 181 Å². The molecule has 2 aliphatic heterocycles. The highest BCUT2D eigenvalue weighted by Gasteiger charge is 2.33. The number of likely N-dealkylation sites (tertiary alicyclic amines) is 1. The molecular weight excluding hydrogens is 410 g/mol. The standard InChI is InChI=1S/C21H30F2N2O3.CH2O2/c22-10-2-1-3-11-24-12-8-18(9-13-24)25-14-20(28-16-21(25)26)15-27-19-6-4-17(23)5-7-19;2-1-3/h4-7,18,20H,1-3,8-16H2;1H,(H,2,3). The van der Waals surface area contributed by atoms with Crippen LogP contribution >= 0.6 is 0 Å². The number of carbonyl (C=O) groups excluding carboxylic acids is 1. The summed E-state index contributed by atoms with van der Waals surface area (Å²) in [6.07, 6.45) is 4.37. The zero-order valence-corrected chi connectivity index (χ0v) is 17.8. The zero-order valence-electron chi connectivity index (χ0n) is 17.8. The maximum absolute atomic E-state index is 13.0. The molecule has 0 spiro atoms. The minimum absolute atomic E-state index is 0.0411. The van der Waals surface area contributed by atoms with Crippen molar-refractivity contribution in [3.8, 4) is 5.75 Å². The third-order valence-corrected chi connectivity index (χ3v) is 5.52. The Bertz CT molecular complexity index is 654. The van der Waals surface area contributed by atoms with Gasteiger partial charge in [0, 0.05) is 19.1 Å². The van der Waals surface area contributed by atoms with Gasteiger partial charge >= 0.3 is 0 Å². The van der Waals surface area contributed by atoms with Crippen molar-refractivity contribution in [2.75, 3.05) is 46.1 Å². The summed E-state index contributed by atoms with van der Waals surface area (Å²) in [5.74, 6) is 0.334. The number of unbranched alkanes of at least 4 members (excludes halogenated alkanes) is 2. The predicted octanol–water partition coefficient (Wildman–Crippen LogP) is 2.74. The van der Waals surface area contributed by atoms with Crippen molar-refractivity contribution in [1.29, 1.82) is 0 Å². The van der Waals surface area contributed by atoms with Gasteiger partial charge in [-0.3, -0.25) is 14.0 Å². The number of amides is 1. The highest BCUT2D eigenvalue weighted by Crippen LogP contribution is 2.21. The molecule has 2 aliphatic rings. The quantitative estimate of drug-likeness (QED) is 0.468.